The van der Waals surface area contributed by atoms with Crippen molar-refractivity contribution in [1.82, 2.24) is 4.72 Å². The average molecular weight is 332 g/mol. The van der Waals surface area contributed by atoms with E-state index in [1.54, 1.807) is 24.8 Å². The maximum absolute atomic E-state index is 12.5. The minimum Gasteiger partial charge on any atom is -0.392 e. The van der Waals surface area contributed by atoms with Gasteiger partial charge in [-0.25, -0.2) is 13.1 Å². The monoisotopic (exact) mass is 331 g/mol. The van der Waals surface area contributed by atoms with Crippen LogP contribution in [0.25, 0.3) is 0 Å². The van der Waals surface area contributed by atoms with E-state index >= 15 is 0 Å². The molecule has 4 nitrogen and oxygen atoms in total. The van der Waals surface area contributed by atoms with Crippen molar-refractivity contribution in [3.8, 4) is 0 Å². The predicted octanol–water partition coefficient (Wildman–Crippen LogP) is 2.61. The third kappa shape index (κ3) is 5.29. The lowest BCUT2D eigenvalue weighted by Gasteiger charge is -2.17. The summed E-state index contributed by atoms with van der Waals surface area (Å²) in [6.45, 7) is 7.46. The van der Waals surface area contributed by atoms with E-state index in [1.807, 2.05) is 19.9 Å². The molecule has 120 valence electrons. The van der Waals surface area contributed by atoms with Gasteiger partial charge in [-0.05, 0) is 61.5 Å². The molecule has 0 amide bonds. The molecule has 6 heteroatoms. The quantitative estimate of drug-likeness (QED) is 0.719. The van der Waals surface area contributed by atoms with Crippen LogP contribution in [0.1, 0.15) is 37.0 Å². The van der Waals surface area contributed by atoms with Crippen molar-refractivity contribution in [3.05, 3.63) is 28.8 Å². The molecule has 2 N–H and O–H groups in total. The Morgan fingerprint density at radius 2 is 2.00 bits per heavy atom. The van der Waals surface area contributed by atoms with Crippen molar-refractivity contribution in [2.45, 2.75) is 51.7 Å². The molecule has 0 radical (unpaired) electrons. The summed E-state index contributed by atoms with van der Waals surface area (Å²) in [6, 6.07) is 3.26. The topological polar surface area (TPSA) is 66.4 Å². The Bertz CT molecular complexity index is 571. The van der Waals surface area contributed by atoms with Gasteiger partial charge in [-0.2, -0.15) is 11.8 Å². The lowest BCUT2D eigenvalue weighted by atomic mass is 10.1. The number of benzene rings is 1. The molecule has 0 saturated carbocycles. The summed E-state index contributed by atoms with van der Waals surface area (Å²) in [5.74, 6) is 1.98. The Kier molecular flexibility index (Phi) is 7.20. The Balaban J connectivity index is 2.95. The first-order valence-corrected chi connectivity index (χ1v) is 9.76. The molecule has 1 aromatic rings. The smallest absolute Gasteiger partial charge is 0.241 e. The highest BCUT2D eigenvalue weighted by molar-refractivity contribution is 7.99. The van der Waals surface area contributed by atoms with Crippen LogP contribution in [0.5, 0.6) is 0 Å². The SMILES string of the molecule is CCSCCC(C)NS(=O)(=O)c1cc(CO)cc(C)c1C. The van der Waals surface area contributed by atoms with Crippen molar-refractivity contribution < 1.29 is 13.5 Å². The number of nitrogens with one attached hydrogen (secondary N) is 1. The van der Waals surface area contributed by atoms with E-state index < -0.39 is 10.0 Å². The van der Waals surface area contributed by atoms with Crippen LogP contribution in [0.2, 0.25) is 0 Å². The highest BCUT2D eigenvalue weighted by atomic mass is 32.2. The summed E-state index contributed by atoms with van der Waals surface area (Å²) < 4.78 is 27.8. The van der Waals surface area contributed by atoms with Gasteiger partial charge >= 0.3 is 0 Å². The van der Waals surface area contributed by atoms with Crippen molar-refractivity contribution in [1.29, 1.82) is 0 Å². The third-order valence-corrected chi connectivity index (χ3v) is 6.06. The van der Waals surface area contributed by atoms with Gasteiger partial charge in [0.1, 0.15) is 0 Å². The van der Waals surface area contributed by atoms with Gasteiger partial charge in [0.2, 0.25) is 10.0 Å². The molecule has 1 rings (SSSR count). The van der Waals surface area contributed by atoms with Crippen molar-refractivity contribution in [2.24, 2.45) is 0 Å². The number of sulfonamides is 1. The first kappa shape index (κ1) is 18.5. The number of rotatable bonds is 8. The predicted molar refractivity (Wildman–Crippen MR) is 89.2 cm³/mol. The van der Waals surface area contributed by atoms with Gasteiger partial charge in [0, 0.05) is 6.04 Å². The number of hydrogen-bond acceptors (Lipinski definition) is 4. The second-order valence-corrected chi connectivity index (χ2v) is 8.28. The zero-order valence-electron chi connectivity index (χ0n) is 13.1. The molecule has 0 bridgehead atoms. The number of hydrogen-bond donors (Lipinski definition) is 2. The second kappa shape index (κ2) is 8.17. The molecule has 1 aromatic carbocycles. The van der Waals surface area contributed by atoms with Crippen molar-refractivity contribution in [2.75, 3.05) is 11.5 Å². The zero-order chi connectivity index (χ0) is 16.0. The molecule has 0 aromatic heterocycles. The minimum absolute atomic E-state index is 0.105. The summed E-state index contributed by atoms with van der Waals surface area (Å²) in [4.78, 5) is 0.265. The molecule has 0 aliphatic carbocycles. The lowest BCUT2D eigenvalue weighted by molar-refractivity contribution is 0.281. The molecular weight excluding hydrogens is 306 g/mol. The standard InChI is InChI=1S/C15H25NO3S2/c1-5-20-7-6-12(3)16-21(18,19)15-9-14(10-17)8-11(2)13(15)4/h8-9,12,16-17H,5-7,10H2,1-4H3. The van der Waals surface area contributed by atoms with Crippen LogP contribution in [0.15, 0.2) is 17.0 Å². The van der Waals surface area contributed by atoms with Crippen LogP contribution in [0.3, 0.4) is 0 Å². The van der Waals surface area contributed by atoms with Crippen LogP contribution in [-0.4, -0.2) is 31.1 Å². The van der Waals surface area contributed by atoms with Gasteiger partial charge in [-0.15, -0.1) is 0 Å². The van der Waals surface area contributed by atoms with Crippen molar-refractivity contribution in [3.63, 3.8) is 0 Å². The fourth-order valence-electron chi connectivity index (χ4n) is 2.06. The van der Waals surface area contributed by atoms with E-state index in [-0.39, 0.29) is 17.5 Å². The molecule has 21 heavy (non-hydrogen) atoms. The maximum Gasteiger partial charge on any atom is 0.241 e. The fraction of sp³-hybridized carbons (Fsp3) is 0.600. The van der Waals surface area contributed by atoms with Crippen LogP contribution < -0.4 is 4.72 Å². The van der Waals surface area contributed by atoms with E-state index in [4.69, 9.17) is 0 Å². The number of aryl methyl sites for hydroxylation is 1. The fourth-order valence-corrected chi connectivity index (χ4v) is 4.52. The third-order valence-electron chi connectivity index (χ3n) is 3.41. The Morgan fingerprint density at radius 3 is 2.57 bits per heavy atom. The molecule has 0 fully saturated rings. The minimum atomic E-state index is -3.55. The Morgan fingerprint density at radius 1 is 1.33 bits per heavy atom. The first-order valence-electron chi connectivity index (χ1n) is 7.12. The summed E-state index contributed by atoms with van der Waals surface area (Å²) in [5.41, 5.74) is 2.22. The number of thioether (sulfide) groups is 1. The molecule has 1 atom stereocenters. The first-order chi connectivity index (χ1) is 9.81. The van der Waals surface area contributed by atoms with Crippen LogP contribution in [0, 0.1) is 13.8 Å². The van der Waals surface area contributed by atoms with Crippen molar-refractivity contribution >= 4 is 21.8 Å². The number of aliphatic hydroxyl groups excluding tert-OH is 1. The van der Waals surface area contributed by atoms with Crippen LogP contribution in [-0.2, 0) is 16.6 Å². The lowest BCUT2D eigenvalue weighted by Crippen LogP contribution is -2.33. The van der Waals surface area contributed by atoms with E-state index in [9.17, 15) is 13.5 Å². The van der Waals surface area contributed by atoms with Gasteiger partial charge in [0.15, 0.2) is 0 Å². The van der Waals surface area contributed by atoms with Gasteiger partial charge in [-0.3, -0.25) is 0 Å². The van der Waals surface area contributed by atoms with E-state index in [0.29, 0.717) is 5.56 Å². The molecule has 1 unspecified atom stereocenters. The van der Waals surface area contributed by atoms with Crippen LogP contribution >= 0.6 is 11.8 Å². The van der Waals surface area contributed by atoms with Gasteiger partial charge in [0.05, 0.1) is 11.5 Å². The number of aliphatic hydroxyl groups is 1. The average Bonchev–Trinajstić information content (AvgIpc) is 2.41. The largest absolute Gasteiger partial charge is 0.392 e. The van der Waals surface area contributed by atoms with Gasteiger partial charge in [-0.1, -0.05) is 13.0 Å². The molecule has 0 aliphatic heterocycles. The molecule has 0 aliphatic rings. The maximum atomic E-state index is 12.5. The summed E-state index contributed by atoms with van der Waals surface area (Å²) in [7, 11) is -3.55. The normalized spacial score (nSPS) is 13.4. The van der Waals surface area contributed by atoms with Crippen LogP contribution in [0.4, 0.5) is 0 Å². The molecule has 0 saturated heterocycles. The summed E-state index contributed by atoms with van der Waals surface area (Å²) in [6.07, 6.45) is 0.801. The Hall–Kier alpha value is -0.560. The van der Waals surface area contributed by atoms with E-state index in [2.05, 4.69) is 11.6 Å². The highest BCUT2D eigenvalue weighted by Crippen LogP contribution is 2.21. The summed E-state index contributed by atoms with van der Waals surface area (Å²) >= 11 is 1.80. The summed E-state index contributed by atoms with van der Waals surface area (Å²) in [5, 5.41) is 9.25. The van der Waals surface area contributed by atoms with Gasteiger partial charge in [0.25, 0.3) is 0 Å². The molecular formula is C15H25NO3S2. The zero-order valence-corrected chi connectivity index (χ0v) is 14.8. The van der Waals surface area contributed by atoms with E-state index in [1.165, 1.54) is 0 Å². The molecule has 0 heterocycles. The Labute approximate surface area is 132 Å². The highest BCUT2D eigenvalue weighted by Gasteiger charge is 2.21. The van der Waals surface area contributed by atoms with Gasteiger partial charge < -0.3 is 5.11 Å². The molecule has 0 spiro atoms. The second-order valence-electron chi connectivity index (χ2n) is 5.20. The van der Waals surface area contributed by atoms with E-state index in [0.717, 1.165) is 29.1 Å².